The molecule has 5 heteroatoms. The van der Waals surface area contributed by atoms with Gasteiger partial charge in [0.1, 0.15) is 11.9 Å². The summed E-state index contributed by atoms with van der Waals surface area (Å²) in [6.07, 6.45) is 2.46. The van der Waals surface area contributed by atoms with Crippen LogP contribution in [0.5, 0.6) is 0 Å². The van der Waals surface area contributed by atoms with E-state index in [2.05, 4.69) is 15.3 Å². The second kappa shape index (κ2) is 5.27. The monoisotopic (exact) mass is 206 g/mol. The summed E-state index contributed by atoms with van der Waals surface area (Å²) < 4.78 is 0. The van der Waals surface area contributed by atoms with Crippen LogP contribution in [0.4, 0.5) is 5.82 Å². The van der Waals surface area contributed by atoms with E-state index in [-0.39, 0.29) is 11.6 Å². The van der Waals surface area contributed by atoms with Gasteiger partial charge in [-0.05, 0) is 5.92 Å². The molecule has 0 saturated heterocycles. The number of nitriles is 1. The van der Waals surface area contributed by atoms with Gasteiger partial charge in [0.25, 0.3) is 0 Å². The van der Waals surface area contributed by atoms with Crippen molar-refractivity contribution >= 4 is 5.82 Å². The molecule has 0 aliphatic carbocycles. The number of hydrogen-bond donors (Lipinski definition) is 2. The Morgan fingerprint density at radius 3 is 2.67 bits per heavy atom. The van der Waals surface area contributed by atoms with E-state index >= 15 is 0 Å². The number of nitrogens with zero attached hydrogens (tertiary/aromatic N) is 3. The van der Waals surface area contributed by atoms with Crippen LogP contribution in [0.25, 0.3) is 0 Å². The quantitative estimate of drug-likeness (QED) is 0.760. The minimum Gasteiger partial charge on any atom is -0.391 e. The first-order valence-corrected chi connectivity index (χ1v) is 4.77. The fraction of sp³-hybridized carbons (Fsp3) is 0.500. The largest absolute Gasteiger partial charge is 0.391 e. The maximum absolute atomic E-state index is 9.53. The van der Waals surface area contributed by atoms with Crippen LogP contribution in [-0.2, 0) is 0 Å². The van der Waals surface area contributed by atoms with Crippen molar-refractivity contribution in [3.05, 3.63) is 18.1 Å². The lowest BCUT2D eigenvalue weighted by Crippen LogP contribution is -2.25. The molecule has 1 aromatic heterocycles. The molecular formula is C10H14N4O. The van der Waals surface area contributed by atoms with E-state index in [1.807, 2.05) is 19.9 Å². The predicted molar refractivity (Wildman–Crippen MR) is 56.1 cm³/mol. The second-order valence-corrected chi connectivity index (χ2v) is 3.59. The molecule has 0 aromatic carbocycles. The number of nitrogens with one attached hydrogen (secondary N) is 1. The van der Waals surface area contributed by atoms with Gasteiger partial charge < -0.3 is 10.4 Å². The third-order valence-electron chi connectivity index (χ3n) is 2.03. The van der Waals surface area contributed by atoms with Crippen LogP contribution in [0.3, 0.4) is 0 Å². The third kappa shape index (κ3) is 3.52. The highest BCUT2D eigenvalue weighted by atomic mass is 16.3. The van der Waals surface area contributed by atoms with Crippen LogP contribution in [0.1, 0.15) is 19.5 Å². The van der Waals surface area contributed by atoms with Crippen LogP contribution in [-0.4, -0.2) is 27.7 Å². The molecule has 2 N–H and O–H groups in total. The predicted octanol–water partition coefficient (Wildman–Crippen LogP) is 0.777. The summed E-state index contributed by atoms with van der Waals surface area (Å²) in [4.78, 5) is 7.83. The zero-order valence-corrected chi connectivity index (χ0v) is 8.81. The zero-order valence-electron chi connectivity index (χ0n) is 8.81. The molecule has 0 fully saturated rings. The molecule has 5 nitrogen and oxygen atoms in total. The van der Waals surface area contributed by atoms with Crippen molar-refractivity contribution in [3.8, 4) is 6.07 Å². The molecule has 0 spiro atoms. The molecule has 0 amide bonds. The van der Waals surface area contributed by atoms with E-state index in [1.165, 1.54) is 12.4 Å². The standard InChI is InChI=1S/C10H14N4O/c1-7(2)9(15)5-14-10-6-12-8(3-11)4-13-10/h4,6-7,9,15H,5H2,1-2H3,(H,13,14). The first-order chi connectivity index (χ1) is 7.13. The van der Waals surface area contributed by atoms with Crippen molar-refractivity contribution in [1.29, 1.82) is 5.26 Å². The Balaban J connectivity index is 2.48. The Bertz CT molecular complexity index is 341. The van der Waals surface area contributed by atoms with Gasteiger partial charge >= 0.3 is 0 Å². The van der Waals surface area contributed by atoms with Crippen molar-refractivity contribution in [1.82, 2.24) is 9.97 Å². The van der Waals surface area contributed by atoms with Gasteiger partial charge in [-0.1, -0.05) is 13.8 Å². The summed E-state index contributed by atoms with van der Waals surface area (Å²) in [5, 5.41) is 21.0. The van der Waals surface area contributed by atoms with E-state index in [1.54, 1.807) is 0 Å². The molecule has 1 aromatic rings. The van der Waals surface area contributed by atoms with Gasteiger partial charge in [0, 0.05) is 6.54 Å². The summed E-state index contributed by atoms with van der Waals surface area (Å²) in [5.74, 6) is 0.762. The highest BCUT2D eigenvalue weighted by molar-refractivity contribution is 5.33. The normalized spacial score (nSPS) is 12.2. The molecule has 0 aliphatic rings. The van der Waals surface area contributed by atoms with Gasteiger partial charge in [-0.3, -0.25) is 0 Å². The van der Waals surface area contributed by atoms with Gasteiger partial charge in [0.05, 0.1) is 18.5 Å². The topological polar surface area (TPSA) is 81.8 Å². The van der Waals surface area contributed by atoms with E-state index in [0.29, 0.717) is 12.4 Å². The first kappa shape index (κ1) is 11.4. The fourth-order valence-electron chi connectivity index (χ4n) is 0.922. The number of rotatable bonds is 4. The highest BCUT2D eigenvalue weighted by Gasteiger charge is 2.08. The van der Waals surface area contributed by atoms with Crippen molar-refractivity contribution in [2.75, 3.05) is 11.9 Å². The molecule has 1 rings (SSSR count). The number of aromatic nitrogens is 2. The highest BCUT2D eigenvalue weighted by Crippen LogP contribution is 2.04. The molecular weight excluding hydrogens is 192 g/mol. The lowest BCUT2D eigenvalue weighted by molar-refractivity contribution is 0.138. The average Bonchev–Trinajstić information content (AvgIpc) is 2.26. The van der Waals surface area contributed by atoms with E-state index < -0.39 is 6.10 Å². The summed E-state index contributed by atoms with van der Waals surface area (Å²) in [7, 11) is 0. The van der Waals surface area contributed by atoms with Gasteiger partial charge in [-0.15, -0.1) is 0 Å². The van der Waals surface area contributed by atoms with Crippen molar-refractivity contribution in [3.63, 3.8) is 0 Å². The van der Waals surface area contributed by atoms with Gasteiger partial charge in [-0.25, -0.2) is 9.97 Å². The first-order valence-electron chi connectivity index (χ1n) is 4.77. The molecule has 80 valence electrons. The average molecular weight is 206 g/mol. The molecule has 0 aliphatic heterocycles. The Hall–Kier alpha value is -1.67. The smallest absolute Gasteiger partial charge is 0.158 e. The molecule has 0 bridgehead atoms. The summed E-state index contributed by atoms with van der Waals surface area (Å²) >= 11 is 0. The maximum Gasteiger partial charge on any atom is 0.158 e. The summed E-state index contributed by atoms with van der Waals surface area (Å²) in [5.41, 5.74) is 0.282. The van der Waals surface area contributed by atoms with Gasteiger partial charge in [-0.2, -0.15) is 5.26 Å². The van der Waals surface area contributed by atoms with Crippen LogP contribution in [0.15, 0.2) is 12.4 Å². The lowest BCUT2D eigenvalue weighted by Gasteiger charge is -2.14. The van der Waals surface area contributed by atoms with E-state index in [4.69, 9.17) is 5.26 Å². The second-order valence-electron chi connectivity index (χ2n) is 3.59. The summed E-state index contributed by atoms with van der Waals surface area (Å²) in [6.45, 7) is 4.31. The maximum atomic E-state index is 9.53. The zero-order chi connectivity index (χ0) is 11.3. The van der Waals surface area contributed by atoms with E-state index in [9.17, 15) is 5.11 Å². The Kier molecular flexibility index (Phi) is 4.01. The molecule has 1 heterocycles. The molecule has 0 radical (unpaired) electrons. The number of anilines is 1. The molecule has 0 saturated carbocycles. The lowest BCUT2D eigenvalue weighted by atomic mass is 10.1. The minimum atomic E-state index is -0.414. The number of aliphatic hydroxyl groups is 1. The van der Waals surface area contributed by atoms with Crippen molar-refractivity contribution < 1.29 is 5.11 Å². The fourth-order valence-corrected chi connectivity index (χ4v) is 0.922. The molecule has 1 atom stereocenters. The van der Waals surface area contributed by atoms with Crippen LogP contribution in [0, 0.1) is 17.2 Å². The SMILES string of the molecule is CC(C)C(O)CNc1cnc(C#N)cn1. The number of aliphatic hydroxyl groups excluding tert-OH is 1. The van der Waals surface area contributed by atoms with Crippen molar-refractivity contribution in [2.24, 2.45) is 5.92 Å². The molecule has 1 unspecified atom stereocenters. The van der Waals surface area contributed by atoms with Crippen molar-refractivity contribution in [2.45, 2.75) is 20.0 Å². The van der Waals surface area contributed by atoms with Crippen LogP contribution >= 0.6 is 0 Å². The summed E-state index contributed by atoms with van der Waals surface area (Å²) in [6, 6.07) is 1.89. The Morgan fingerprint density at radius 1 is 1.47 bits per heavy atom. The van der Waals surface area contributed by atoms with Gasteiger partial charge in [0.2, 0.25) is 0 Å². The Morgan fingerprint density at radius 2 is 2.20 bits per heavy atom. The van der Waals surface area contributed by atoms with Crippen LogP contribution < -0.4 is 5.32 Å². The minimum absolute atomic E-state index is 0.198. The van der Waals surface area contributed by atoms with Gasteiger partial charge in [0.15, 0.2) is 5.69 Å². The van der Waals surface area contributed by atoms with Crippen LogP contribution in [0.2, 0.25) is 0 Å². The van der Waals surface area contributed by atoms with E-state index in [0.717, 1.165) is 0 Å². The number of hydrogen-bond acceptors (Lipinski definition) is 5. The Labute approximate surface area is 88.8 Å². The molecule has 15 heavy (non-hydrogen) atoms. The third-order valence-corrected chi connectivity index (χ3v) is 2.03.